The van der Waals surface area contributed by atoms with Crippen LogP contribution >= 0.6 is 0 Å². The molecule has 5 N–H and O–H groups in total. The molecule has 2 heterocycles. The van der Waals surface area contributed by atoms with Gasteiger partial charge in [0.1, 0.15) is 16.9 Å². The van der Waals surface area contributed by atoms with Crippen molar-refractivity contribution in [2.45, 2.75) is 19.4 Å². The first-order valence-corrected chi connectivity index (χ1v) is 10.2. The predicted molar refractivity (Wildman–Crippen MR) is 117 cm³/mol. The van der Waals surface area contributed by atoms with Gasteiger partial charge in [-0.3, -0.25) is 14.6 Å². The Morgan fingerprint density at radius 2 is 1.82 bits per heavy atom. The molecule has 0 aliphatic rings. The number of carbonyl (C=O) groups excluding carboxylic acids is 1. The van der Waals surface area contributed by atoms with Crippen LogP contribution in [0.5, 0.6) is 5.75 Å². The van der Waals surface area contributed by atoms with E-state index < -0.39 is 28.9 Å². The first-order valence-electron chi connectivity index (χ1n) is 10.2. The van der Waals surface area contributed by atoms with E-state index in [0.717, 1.165) is 5.56 Å². The van der Waals surface area contributed by atoms with Crippen LogP contribution in [0.2, 0.25) is 0 Å². The van der Waals surface area contributed by atoms with E-state index in [1.54, 1.807) is 18.2 Å². The molecule has 3 aromatic rings. The zero-order valence-corrected chi connectivity index (χ0v) is 17.5. The number of fused-ring (bicyclic) bond motifs is 1. The number of aliphatic hydroxyl groups excluding tert-OH is 1. The molecule has 3 rings (SSSR count). The summed E-state index contributed by atoms with van der Waals surface area (Å²) in [5, 5.41) is 32.9. The summed E-state index contributed by atoms with van der Waals surface area (Å²) in [6.45, 7) is -0.334. The number of aromatic hydroxyl groups is 1. The first-order chi connectivity index (χ1) is 15.8. The number of nitrogens with zero attached hydrogens (tertiary/aromatic N) is 2. The van der Waals surface area contributed by atoms with Gasteiger partial charge in [0.25, 0.3) is 11.5 Å². The fourth-order valence-electron chi connectivity index (χ4n) is 3.40. The number of rotatable bonds is 9. The van der Waals surface area contributed by atoms with Crippen LogP contribution in [0.3, 0.4) is 0 Å². The van der Waals surface area contributed by atoms with Gasteiger partial charge in [0.15, 0.2) is 5.75 Å². The van der Waals surface area contributed by atoms with Gasteiger partial charge in [0.05, 0.1) is 12.1 Å². The maximum Gasteiger partial charge on any atom is 0.404 e. The number of pyridine rings is 2. The number of benzene rings is 1. The molecule has 0 radical (unpaired) electrons. The van der Waals surface area contributed by atoms with Crippen LogP contribution < -0.4 is 16.2 Å². The average Bonchev–Trinajstić information content (AvgIpc) is 2.78. The van der Waals surface area contributed by atoms with Gasteiger partial charge in [-0.05, 0) is 42.2 Å². The number of aryl methyl sites for hydroxylation is 1. The molecule has 0 spiro atoms. The summed E-state index contributed by atoms with van der Waals surface area (Å²) in [6.07, 6.45) is 0.913. The molecule has 11 heteroatoms. The Morgan fingerprint density at radius 3 is 2.48 bits per heavy atom. The highest BCUT2D eigenvalue weighted by molar-refractivity contribution is 6.01. The maximum atomic E-state index is 13.2. The molecule has 0 atom stereocenters. The standard InChI is InChI=1S/C22H23FN4O6/c23-15-4-2-13(3-5-15)10-14-11-16-18(26-12-14)19(29)17(20(30)24-7-9-28)21(31)27(16)8-1-6-25-22(32)33/h2-5,11-12,25,28-29H,1,6-10H2,(H,24,30)(H,32,33). The molecule has 0 aliphatic carbocycles. The number of hydrogen-bond acceptors (Lipinski definition) is 6. The van der Waals surface area contributed by atoms with Gasteiger partial charge in [-0.1, -0.05) is 12.1 Å². The number of nitrogens with one attached hydrogen (secondary N) is 2. The van der Waals surface area contributed by atoms with E-state index in [4.69, 9.17) is 10.2 Å². The molecule has 174 valence electrons. The van der Waals surface area contributed by atoms with Crippen molar-refractivity contribution < 1.29 is 29.3 Å². The van der Waals surface area contributed by atoms with Gasteiger partial charge >= 0.3 is 6.09 Å². The molecule has 0 fully saturated rings. The van der Waals surface area contributed by atoms with Gasteiger partial charge in [0.2, 0.25) is 0 Å². The highest BCUT2D eigenvalue weighted by Crippen LogP contribution is 2.26. The van der Waals surface area contributed by atoms with Crippen LogP contribution in [0.15, 0.2) is 41.3 Å². The normalized spacial score (nSPS) is 10.8. The fourth-order valence-corrected chi connectivity index (χ4v) is 3.40. The number of carboxylic acid groups (broad SMARTS) is 1. The van der Waals surface area contributed by atoms with Gasteiger partial charge in [-0.2, -0.15) is 0 Å². The Labute approximate surface area is 187 Å². The molecule has 10 nitrogen and oxygen atoms in total. The monoisotopic (exact) mass is 458 g/mol. The van der Waals surface area contributed by atoms with Gasteiger partial charge in [-0.25, -0.2) is 9.18 Å². The Bertz CT molecular complexity index is 1230. The quantitative estimate of drug-likeness (QED) is 0.302. The zero-order valence-electron chi connectivity index (χ0n) is 17.5. The van der Waals surface area contributed by atoms with Gasteiger partial charge in [0, 0.05) is 25.8 Å². The van der Waals surface area contributed by atoms with E-state index in [0.29, 0.717) is 12.0 Å². The number of aliphatic hydroxyl groups is 1. The molecule has 33 heavy (non-hydrogen) atoms. The first kappa shape index (κ1) is 23.7. The molecule has 0 unspecified atom stereocenters. The molecule has 0 aliphatic heterocycles. The number of carbonyl (C=O) groups is 2. The van der Waals surface area contributed by atoms with Crippen LogP contribution in [0.4, 0.5) is 9.18 Å². The Balaban J connectivity index is 2.06. The van der Waals surface area contributed by atoms with Crippen LogP contribution in [0.1, 0.15) is 27.9 Å². The third-order valence-corrected chi connectivity index (χ3v) is 4.92. The summed E-state index contributed by atoms with van der Waals surface area (Å²) in [6, 6.07) is 7.55. The van der Waals surface area contributed by atoms with Crippen LogP contribution in [-0.2, 0) is 13.0 Å². The van der Waals surface area contributed by atoms with E-state index >= 15 is 0 Å². The van der Waals surface area contributed by atoms with Crippen molar-refractivity contribution in [1.82, 2.24) is 20.2 Å². The third-order valence-electron chi connectivity index (χ3n) is 4.92. The minimum atomic E-state index is -1.20. The number of amides is 2. The van der Waals surface area contributed by atoms with E-state index in [2.05, 4.69) is 15.6 Å². The lowest BCUT2D eigenvalue weighted by atomic mass is 10.1. The number of aromatic nitrogens is 2. The Kier molecular flexibility index (Phi) is 7.57. The topological polar surface area (TPSA) is 154 Å². The molecule has 0 bridgehead atoms. The molecule has 0 saturated carbocycles. The second-order valence-electron chi connectivity index (χ2n) is 7.26. The molecule has 2 amide bonds. The average molecular weight is 458 g/mol. The lowest BCUT2D eigenvalue weighted by Gasteiger charge is -2.15. The van der Waals surface area contributed by atoms with Gasteiger partial charge in [-0.15, -0.1) is 0 Å². The zero-order chi connectivity index (χ0) is 24.0. The van der Waals surface area contributed by atoms with Crippen LogP contribution in [-0.4, -0.2) is 56.6 Å². The lowest BCUT2D eigenvalue weighted by molar-refractivity contribution is 0.0940. The minimum Gasteiger partial charge on any atom is -0.505 e. The van der Waals surface area contributed by atoms with E-state index in [1.807, 2.05) is 0 Å². The van der Waals surface area contributed by atoms with Crippen molar-refractivity contribution in [2.24, 2.45) is 0 Å². The van der Waals surface area contributed by atoms with Crippen molar-refractivity contribution in [3.63, 3.8) is 0 Å². The predicted octanol–water partition coefficient (Wildman–Crippen LogP) is 1.21. The SMILES string of the molecule is O=C(O)NCCCn1c(=O)c(C(=O)NCCO)c(O)c2ncc(Cc3ccc(F)cc3)cc21. The second kappa shape index (κ2) is 10.6. The van der Waals surface area contributed by atoms with E-state index in [-0.39, 0.29) is 49.5 Å². The lowest BCUT2D eigenvalue weighted by Crippen LogP contribution is -2.35. The number of halogens is 1. The maximum absolute atomic E-state index is 13.2. The summed E-state index contributed by atoms with van der Waals surface area (Å²) in [5.74, 6) is -1.81. The van der Waals surface area contributed by atoms with Crippen LogP contribution in [0, 0.1) is 5.82 Å². The van der Waals surface area contributed by atoms with Crippen molar-refractivity contribution in [3.8, 4) is 5.75 Å². The van der Waals surface area contributed by atoms with Crippen molar-refractivity contribution in [2.75, 3.05) is 19.7 Å². The third kappa shape index (κ3) is 5.63. The van der Waals surface area contributed by atoms with E-state index in [1.165, 1.54) is 22.9 Å². The summed E-state index contributed by atoms with van der Waals surface area (Å²) >= 11 is 0. The smallest absolute Gasteiger partial charge is 0.404 e. The molecular weight excluding hydrogens is 435 g/mol. The second-order valence-corrected chi connectivity index (χ2v) is 7.26. The molecule has 0 saturated heterocycles. The van der Waals surface area contributed by atoms with Crippen molar-refractivity contribution in [1.29, 1.82) is 0 Å². The molecular formula is C22H23FN4O6. The molecule has 1 aromatic carbocycles. The highest BCUT2D eigenvalue weighted by atomic mass is 19.1. The summed E-state index contributed by atoms with van der Waals surface area (Å²) in [4.78, 5) is 40.5. The summed E-state index contributed by atoms with van der Waals surface area (Å²) < 4.78 is 14.4. The van der Waals surface area contributed by atoms with Gasteiger partial charge < -0.3 is 30.5 Å². The summed E-state index contributed by atoms with van der Waals surface area (Å²) in [5.41, 5.74) is 0.500. The number of hydrogen-bond donors (Lipinski definition) is 5. The largest absolute Gasteiger partial charge is 0.505 e. The van der Waals surface area contributed by atoms with Crippen LogP contribution in [0.25, 0.3) is 11.0 Å². The Morgan fingerprint density at radius 1 is 1.09 bits per heavy atom. The van der Waals surface area contributed by atoms with Crippen molar-refractivity contribution in [3.05, 3.63) is 69.4 Å². The minimum absolute atomic E-state index is 0.0257. The summed E-state index contributed by atoms with van der Waals surface area (Å²) in [7, 11) is 0. The molecule has 2 aromatic heterocycles. The highest BCUT2D eigenvalue weighted by Gasteiger charge is 2.23. The fraction of sp³-hybridized carbons (Fsp3) is 0.273. The Hall–Kier alpha value is -3.99. The van der Waals surface area contributed by atoms with E-state index in [9.17, 15) is 23.9 Å². The van der Waals surface area contributed by atoms with Crippen molar-refractivity contribution >= 4 is 23.0 Å².